The first kappa shape index (κ1) is 12.1. The molecule has 0 aliphatic carbocycles. The van der Waals surface area contributed by atoms with E-state index in [1.807, 2.05) is 0 Å². The number of nitrogens with zero attached hydrogens (tertiary/aromatic N) is 2. The number of nitro benzene ring substituents is 1. The third-order valence-electron chi connectivity index (χ3n) is 2.38. The molecule has 2 rings (SSSR count). The van der Waals surface area contributed by atoms with E-state index < -0.39 is 4.92 Å². The summed E-state index contributed by atoms with van der Waals surface area (Å²) in [5.41, 5.74) is 6.37. The van der Waals surface area contributed by atoms with Gasteiger partial charge in [0, 0.05) is 18.2 Å². The summed E-state index contributed by atoms with van der Waals surface area (Å²) in [5.74, 6) is 0.482. The number of benzene rings is 1. The second kappa shape index (κ2) is 4.84. The molecule has 0 saturated carbocycles. The van der Waals surface area contributed by atoms with E-state index in [-0.39, 0.29) is 18.0 Å². The van der Waals surface area contributed by atoms with Gasteiger partial charge in [-0.1, -0.05) is 0 Å². The first-order valence-electron chi connectivity index (χ1n) is 5.13. The molecule has 0 unspecified atom stereocenters. The molecule has 1 aromatic heterocycles. The zero-order valence-electron chi connectivity index (χ0n) is 9.62. The Bertz CT molecular complexity index is 579. The lowest BCUT2D eigenvalue weighted by atomic mass is 10.2. The van der Waals surface area contributed by atoms with Gasteiger partial charge in [-0.3, -0.25) is 10.1 Å². The van der Waals surface area contributed by atoms with Gasteiger partial charge < -0.3 is 14.9 Å². The number of nitro groups is 1. The Balaban J connectivity index is 2.46. The number of nitrogens with two attached hydrogens (primary N) is 1. The predicted molar refractivity (Wildman–Crippen MR) is 63.0 cm³/mol. The summed E-state index contributed by atoms with van der Waals surface area (Å²) in [5, 5.41) is 10.9. The molecule has 0 aliphatic rings. The van der Waals surface area contributed by atoms with E-state index in [1.54, 1.807) is 6.07 Å². The van der Waals surface area contributed by atoms with Crippen LogP contribution >= 0.6 is 0 Å². The van der Waals surface area contributed by atoms with Crippen LogP contribution in [0.1, 0.15) is 5.69 Å². The van der Waals surface area contributed by atoms with Gasteiger partial charge in [-0.2, -0.15) is 0 Å². The number of hydrogen-bond acceptors (Lipinski definition) is 6. The number of methoxy groups -OCH3 is 1. The molecule has 0 amide bonds. The highest BCUT2D eigenvalue weighted by Crippen LogP contribution is 2.31. The lowest BCUT2D eigenvalue weighted by Gasteiger charge is -2.02. The first-order chi connectivity index (χ1) is 8.65. The highest BCUT2D eigenvalue weighted by atomic mass is 16.6. The number of rotatable bonds is 4. The minimum Gasteiger partial charge on any atom is -0.490 e. The van der Waals surface area contributed by atoms with Crippen molar-refractivity contribution in [2.75, 3.05) is 7.11 Å². The van der Waals surface area contributed by atoms with Gasteiger partial charge in [-0.25, -0.2) is 4.98 Å². The second-order valence-corrected chi connectivity index (χ2v) is 3.49. The monoisotopic (exact) mass is 249 g/mol. The Morgan fingerprint density at radius 1 is 1.56 bits per heavy atom. The molecule has 0 bridgehead atoms. The molecule has 1 heterocycles. The van der Waals surface area contributed by atoms with E-state index in [1.165, 1.54) is 25.5 Å². The van der Waals surface area contributed by atoms with Crippen LogP contribution in [0, 0.1) is 10.1 Å². The second-order valence-electron chi connectivity index (χ2n) is 3.49. The van der Waals surface area contributed by atoms with Gasteiger partial charge in [0.2, 0.25) is 5.89 Å². The standard InChI is InChI=1S/C11H11N3O4/c1-17-10-3-2-7(4-9(10)14(15)16)11-13-8(5-12)6-18-11/h2-4,6H,5,12H2,1H3. The Morgan fingerprint density at radius 2 is 2.33 bits per heavy atom. The lowest BCUT2D eigenvalue weighted by Crippen LogP contribution is -1.96. The van der Waals surface area contributed by atoms with Gasteiger partial charge in [-0.15, -0.1) is 0 Å². The van der Waals surface area contributed by atoms with Crippen molar-refractivity contribution < 1.29 is 14.1 Å². The summed E-state index contributed by atoms with van der Waals surface area (Å²) in [6.07, 6.45) is 1.42. The Labute approximate surface area is 102 Å². The smallest absolute Gasteiger partial charge is 0.311 e. The van der Waals surface area contributed by atoms with Crippen LogP contribution in [-0.2, 0) is 6.54 Å². The fourth-order valence-electron chi connectivity index (χ4n) is 1.50. The van der Waals surface area contributed by atoms with Gasteiger partial charge in [0.25, 0.3) is 0 Å². The average molecular weight is 249 g/mol. The molecular weight excluding hydrogens is 238 g/mol. The van der Waals surface area contributed by atoms with Gasteiger partial charge in [-0.05, 0) is 12.1 Å². The largest absolute Gasteiger partial charge is 0.490 e. The van der Waals surface area contributed by atoms with Gasteiger partial charge >= 0.3 is 5.69 Å². The maximum atomic E-state index is 10.9. The van der Waals surface area contributed by atoms with Crippen LogP contribution in [0.5, 0.6) is 5.75 Å². The van der Waals surface area contributed by atoms with Crippen molar-refractivity contribution in [2.45, 2.75) is 6.54 Å². The van der Waals surface area contributed by atoms with Gasteiger partial charge in [0.1, 0.15) is 6.26 Å². The summed E-state index contributed by atoms with van der Waals surface area (Å²) in [4.78, 5) is 14.5. The highest BCUT2D eigenvalue weighted by Gasteiger charge is 2.17. The number of aromatic nitrogens is 1. The Hall–Kier alpha value is -2.41. The third kappa shape index (κ3) is 2.16. The number of hydrogen-bond donors (Lipinski definition) is 1. The third-order valence-corrected chi connectivity index (χ3v) is 2.38. The van der Waals surface area contributed by atoms with Crippen molar-refractivity contribution in [3.05, 3.63) is 40.3 Å². The molecule has 0 saturated heterocycles. The van der Waals surface area contributed by atoms with Crippen molar-refractivity contribution >= 4 is 5.69 Å². The molecule has 94 valence electrons. The van der Waals surface area contributed by atoms with E-state index in [9.17, 15) is 10.1 Å². The summed E-state index contributed by atoms with van der Waals surface area (Å²) < 4.78 is 10.1. The topological polar surface area (TPSA) is 104 Å². The summed E-state index contributed by atoms with van der Waals surface area (Å²) in [7, 11) is 1.37. The molecule has 0 spiro atoms. The molecular formula is C11H11N3O4. The summed E-state index contributed by atoms with van der Waals surface area (Å²) in [6.45, 7) is 0.252. The molecule has 7 heteroatoms. The van der Waals surface area contributed by atoms with Crippen LogP contribution in [-0.4, -0.2) is 17.0 Å². The van der Waals surface area contributed by atoms with E-state index in [2.05, 4.69) is 4.98 Å². The van der Waals surface area contributed by atoms with Gasteiger partial charge in [0.05, 0.1) is 17.7 Å². The molecule has 18 heavy (non-hydrogen) atoms. The van der Waals surface area contributed by atoms with E-state index >= 15 is 0 Å². The zero-order valence-corrected chi connectivity index (χ0v) is 9.62. The Morgan fingerprint density at radius 3 is 2.89 bits per heavy atom. The minimum atomic E-state index is -0.519. The highest BCUT2D eigenvalue weighted by molar-refractivity contribution is 5.62. The molecule has 0 atom stereocenters. The SMILES string of the molecule is COc1ccc(-c2nc(CN)co2)cc1[N+](=O)[O-]. The molecule has 7 nitrogen and oxygen atoms in total. The van der Waals surface area contributed by atoms with E-state index in [0.717, 1.165) is 0 Å². The summed E-state index contributed by atoms with van der Waals surface area (Å²) >= 11 is 0. The maximum Gasteiger partial charge on any atom is 0.311 e. The lowest BCUT2D eigenvalue weighted by molar-refractivity contribution is -0.385. The van der Waals surface area contributed by atoms with Crippen LogP contribution in [0.15, 0.2) is 28.9 Å². The van der Waals surface area contributed by atoms with E-state index in [4.69, 9.17) is 14.9 Å². The van der Waals surface area contributed by atoms with Crippen LogP contribution < -0.4 is 10.5 Å². The fourth-order valence-corrected chi connectivity index (χ4v) is 1.50. The average Bonchev–Trinajstić information content (AvgIpc) is 2.86. The molecule has 1 aromatic carbocycles. The number of ether oxygens (including phenoxy) is 1. The van der Waals surface area contributed by atoms with Crippen molar-refractivity contribution in [1.29, 1.82) is 0 Å². The van der Waals surface area contributed by atoms with Crippen LogP contribution in [0.25, 0.3) is 11.5 Å². The molecule has 0 fully saturated rings. The minimum absolute atomic E-state index is 0.137. The van der Waals surface area contributed by atoms with Crippen molar-refractivity contribution in [3.8, 4) is 17.2 Å². The maximum absolute atomic E-state index is 10.9. The van der Waals surface area contributed by atoms with Crippen LogP contribution in [0.4, 0.5) is 5.69 Å². The Kier molecular flexibility index (Phi) is 3.24. The number of oxazole rings is 1. The molecule has 0 radical (unpaired) electrons. The van der Waals surface area contributed by atoms with Gasteiger partial charge in [0.15, 0.2) is 5.75 Å². The molecule has 2 N–H and O–H groups in total. The first-order valence-corrected chi connectivity index (χ1v) is 5.13. The quantitative estimate of drug-likeness (QED) is 0.653. The summed E-state index contributed by atoms with van der Waals surface area (Å²) in [6, 6.07) is 4.49. The molecule has 0 aliphatic heterocycles. The van der Waals surface area contributed by atoms with Crippen molar-refractivity contribution in [1.82, 2.24) is 4.98 Å². The van der Waals surface area contributed by atoms with Crippen molar-refractivity contribution in [3.63, 3.8) is 0 Å². The zero-order chi connectivity index (χ0) is 13.1. The normalized spacial score (nSPS) is 10.3. The fraction of sp³-hybridized carbons (Fsp3) is 0.182. The van der Waals surface area contributed by atoms with Crippen molar-refractivity contribution in [2.24, 2.45) is 5.73 Å². The molecule has 2 aromatic rings. The van der Waals surface area contributed by atoms with Crippen LogP contribution in [0.3, 0.4) is 0 Å². The predicted octanol–water partition coefficient (Wildman–Crippen LogP) is 1.72. The van der Waals surface area contributed by atoms with Crippen LogP contribution in [0.2, 0.25) is 0 Å². The van der Waals surface area contributed by atoms with E-state index in [0.29, 0.717) is 17.1 Å².